The molecule has 28 heavy (non-hydrogen) atoms. The van der Waals surface area contributed by atoms with Gasteiger partial charge in [-0.15, -0.1) is 11.3 Å². The van der Waals surface area contributed by atoms with Gasteiger partial charge in [0.05, 0.1) is 23.5 Å². The van der Waals surface area contributed by atoms with Crippen molar-refractivity contribution >= 4 is 28.3 Å². The summed E-state index contributed by atoms with van der Waals surface area (Å²) in [4.78, 5) is 15.6. The van der Waals surface area contributed by atoms with E-state index in [2.05, 4.69) is 10.3 Å². The first-order valence-electron chi connectivity index (χ1n) is 8.37. The average molecular weight is 404 g/mol. The van der Waals surface area contributed by atoms with Crippen LogP contribution in [0.5, 0.6) is 0 Å². The predicted octanol–water partition coefficient (Wildman–Crippen LogP) is 4.36. The van der Waals surface area contributed by atoms with E-state index in [1.165, 1.54) is 26.1 Å². The fourth-order valence-corrected chi connectivity index (χ4v) is 3.75. The number of rotatable bonds is 6. The maximum Gasteiger partial charge on any atom is 0.153 e. The van der Waals surface area contributed by atoms with Crippen LogP contribution in [-0.2, 0) is 12.2 Å². The van der Waals surface area contributed by atoms with Gasteiger partial charge >= 0.3 is 0 Å². The first-order chi connectivity index (χ1) is 13.2. The number of hydrogen-bond donors (Lipinski definition) is 3. The molecule has 0 saturated heterocycles. The Hall–Kier alpha value is -2.68. The van der Waals surface area contributed by atoms with Crippen molar-refractivity contribution in [3.8, 4) is 10.4 Å². The van der Waals surface area contributed by atoms with Gasteiger partial charge < -0.3 is 15.5 Å². The third-order valence-electron chi connectivity index (χ3n) is 4.12. The van der Waals surface area contributed by atoms with Crippen molar-refractivity contribution in [3.05, 3.63) is 65.0 Å². The molecule has 0 atom stereocenters. The average Bonchev–Trinajstić information content (AvgIpc) is 3.02. The zero-order valence-corrected chi connectivity index (χ0v) is 16.0. The normalized spacial score (nSPS) is 11.5. The second-order valence-electron chi connectivity index (χ2n) is 6.71. The van der Waals surface area contributed by atoms with E-state index in [-0.39, 0.29) is 28.2 Å². The maximum atomic E-state index is 14.6. The lowest BCUT2D eigenvalue weighted by Crippen LogP contribution is -2.16. The number of anilines is 2. The van der Waals surface area contributed by atoms with E-state index in [0.717, 1.165) is 23.5 Å². The highest BCUT2D eigenvalue weighted by atomic mass is 32.1. The van der Waals surface area contributed by atoms with Gasteiger partial charge in [0.1, 0.15) is 16.6 Å². The molecule has 0 fully saturated rings. The smallest absolute Gasteiger partial charge is 0.153 e. The van der Waals surface area contributed by atoms with Crippen LogP contribution in [-0.4, -0.2) is 21.5 Å². The first-order valence-corrected chi connectivity index (χ1v) is 9.18. The highest BCUT2D eigenvalue weighted by molar-refractivity contribution is 7.19. The number of aldehydes is 1. The quantitative estimate of drug-likeness (QED) is 0.532. The van der Waals surface area contributed by atoms with Crippen LogP contribution in [0.4, 0.5) is 19.5 Å². The van der Waals surface area contributed by atoms with Crippen molar-refractivity contribution in [1.82, 2.24) is 4.98 Å². The second kappa shape index (κ2) is 7.75. The molecule has 146 valence electrons. The summed E-state index contributed by atoms with van der Waals surface area (Å²) < 4.78 is 29.2. The van der Waals surface area contributed by atoms with Gasteiger partial charge in [0.15, 0.2) is 6.29 Å². The number of aromatic nitrogens is 1. The van der Waals surface area contributed by atoms with Gasteiger partial charge in [-0.05, 0) is 49.7 Å². The van der Waals surface area contributed by atoms with E-state index in [1.54, 1.807) is 12.1 Å². The van der Waals surface area contributed by atoms with Crippen LogP contribution in [0.2, 0.25) is 0 Å². The SMILES string of the molecule is CC(C)(O)c1cc(F)c(-c2cc(C=O)c(Nc3ccnc(CO)c3)s2)c(F)c1. The molecule has 0 spiro atoms. The van der Waals surface area contributed by atoms with E-state index in [0.29, 0.717) is 22.7 Å². The number of nitrogens with zero attached hydrogens (tertiary/aromatic N) is 1. The Morgan fingerprint density at radius 1 is 1.21 bits per heavy atom. The number of pyridine rings is 1. The maximum absolute atomic E-state index is 14.6. The number of halogens is 2. The number of carbonyl (C=O) groups excluding carboxylic acids is 1. The zero-order valence-electron chi connectivity index (χ0n) is 15.2. The van der Waals surface area contributed by atoms with Crippen LogP contribution in [0, 0.1) is 11.6 Å². The van der Waals surface area contributed by atoms with E-state index in [4.69, 9.17) is 0 Å². The fourth-order valence-electron chi connectivity index (χ4n) is 2.65. The summed E-state index contributed by atoms with van der Waals surface area (Å²) in [5, 5.41) is 22.6. The summed E-state index contributed by atoms with van der Waals surface area (Å²) in [7, 11) is 0. The highest BCUT2D eigenvalue weighted by Gasteiger charge is 2.23. The third-order valence-corrected chi connectivity index (χ3v) is 5.20. The molecule has 0 saturated carbocycles. The molecule has 2 aromatic heterocycles. The molecule has 0 amide bonds. The van der Waals surface area contributed by atoms with Crippen molar-refractivity contribution < 1.29 is 23.8 Å². The number of benzene rings is 1. The van der Waals surface area contributed by atoms with Crippen LogP contribution in [0.3, 0.4) is 0 Å². The first kappa shape index (κ1) is 20.1. The summed E-state index contributed by atoms with van der Waals surface area (Å²) in [5.74, 6) is -1.65. The standard InChI is InChI=1S/C20H18F2N2O3S/c1-20(2,27)12-6-15(21)18(16(22)7-12)17-5-11(9-25)19(28-17)24-13-3-4-23-14(8-13)10-26/h3-9,26-27H,10H2,1-2H3,(H,23,24). The van der Waals surface area contributed by atoms with Crippen LogP contribution >= 0.6 is 11.3 Å². The summed E-state index contributed by atoms with van der Waals surface area (Å²) in [6.45, 7) is 2.64. The minimum Gasteiger partial charge on any atom is -0.390 e. The summed E-state index contributed by atoms with van der Waals surface area (Å²) in [5.41, 5.74) is -0.275. The monoisotopic (exact) mass is 404 g/mol. The van der Waals surface area contributed by atoms with E-state index < -0.39 is 17.2 Å². The number of aliphatic hydroxyl groups is 2. The molecule has 0 aliphatic heterocycles. The number of carbonyl (C=O) groups is 1. The molecule has 2 heterocycles. The van der Waals surface area contributed by atoms with Gasteiger partial charge in [-0.25, -0.2) is 8.78 Å². The summed E-state index contributed by atoms with van der Waals surface area (Å²) >= 11 is 1.02. The Labute approximate surface area is 164 Å². The van der Waals surface area contributed by atoms with E-state index in [9.17, 15) is 23.8 Å². The van der Waals surface area contributed by atoms with Gasteiger partial charge in [-0.3, -0.25) is 9.78 Å². The topological polar surface area (TPSA) is 82.5 Å². The number of aliphatic hydroxyl groups excluding tert-OH is 1. The Balaban J connectivity index is 2.02. The Morgan fingerprint density at radius 2 is 1.89 bits per heavy atom. The number of thiophene rings is 1. The zero-order chi connectivity index (χ0) is 20.5. The van der Waals surface area contributed by atoms with Crippen LogP contribution in [0.15, 0.2) is 36.5 Å². The Morgan fingerprint density at radius 3 is 2.46 bits per heavy atom. The van der Waals surface area contributed by atoms with Gasteiger partial charge in [0.2, 0.25) is 0 Å². The fraction of sp³-hybridized carbons (Fsp3) is 0.200. The van der Waals surface area contributed by atoms with Gasteiger partial charge in [-0.1, -0.05) is 0 Å². The van der Waals surface area contributed by atoms with Gasteiger partial charge in [-0.2, -0.15) is 0 Å². The number of nitrogens with one attached hydrogen (secondary N) is 1. The molecular formula is C20H18F2N2O3S. The van der Waals surface area contributed by atoms with Crippen LogP contribution in [0.1, 0.15) is 35.5 Å². The molecule has 3 aromatic rings. The van der Waals surface area contributed by atoms with Crippen molar-refractivity contribution in [2.24, 2.45) is 0 Å². The minimum atomic E-state index is -1.39. The van der Waals surface area contributed by atoms with Crippen molar-refractivity contribution in [3.63, 3.8) is 0 Å². The lowest BCUT2D eigenvalue weighted by atomic mass is 9.96. The molecule has 0 bridgehead atoms. The molecule has 0 aliphatic rings. The van der Waals surface area contributed by atoms with Crippen molar-refractivity contribution in [2.75, 3.05) is 5.32 Å². The van der Waals surface area contributed by atoms with E-state index in [1.807, 2.05) is 0 Å². The molecule has 0 unspecified atom stereocenters. The molecule has 3 rings (SSSR count). The molecule has 5 nitrogen and oxygen atoms in total. The Bertz CT molecular complexity index is 1010. The van der Waals surface area contributed by atoms with Crippen molar-refractivity contribution in [2.45, 2.75) is 26.1 Å². The minimum absolute atomic E-state index is 0.116. The lowest BCUT2D eigenvalue weighted by molar-refractivity contribution is 0.0779. The highest BCUT2D eigenvalue weighted by Crippen LogP contribution is 2.39. The van der Waals surface area contributed by atoms with Crippen LogP contribution < -0.4 is 5.32 Å². The molecule has 0 radical (unpaired) electrons. The second-order valence-corrected chi connectivity index (χ2v) is 7.76. The molecular weight excluding hydrogens is 386 g/mol. The Kier molecular flexibility index (Phi) is 5.55. The molecule has 3 N–H and O–H groups in total. The lowest BCUT2D eigenvalue weighted by Gasteiger charge is -2.18. The molecule has 8 heteroatoms. The molecule has 0 aliphatic carbocycles. The largest absolute Gasteiger partial charge is 0.390 e. The van der Waals surface area contributed by atoms with E-state index >= 15 is 0 Å². The predicted molar refractivity (Wildman–Crippen MR) is 104 cm³/mol. The van der Waals surface area contributed by atoms with Crippen LogP contribution in [0.25, 0.3) is 10.4 Å². The van der Waals surface area contributed by atoms with Gasteiger partial charge in [0.25, 0.3) is 0 Å². The molecule has 1 aromatic carbocycles. The van der Waals surface area contributed by atoms with Gasteiger partial charge in [0, 0.05) is 22.3 Å². The summed E-state index contributed by atoms with van der Waals surface area (Å²) in [6.07, 6.45) is 2.09. The summed E-state index contributed by atoms with van der Waals surface area (Å²) in [6, 6.07) is 6.82. The third kappa shape index (κ3) is 4.09. The van der Waals surface area contributed by atoms with Crippen molar-refractivity contribution in [1.29, 1.82) is 0 Å². The number of hydrogen-bond acceptors (Lipinski definition) is 6.